The molecular weight excluding hydrogens is 517 g/mol. The normalized spacial score (nSPS) is 17.6. The van der Waals surface area contributed by atoms with Gasteiger partial charge in [-0.15, -0.1) is 0 Å². The van der Waals surface area contributed by atoms with Gasteiger partial charge in [-0.3, -0.25) is 19.8 Å². The van der Waals surface area contributed by atoms with Gasteiger partial charge >= 0.3 is 0 Å². The fourth-order valence-corrected chi connectivity index (χ4v) is 4.88. The van der Waals surface area contributed by atoms with Crippen LogP contribution in [0.5, 0.6) is 11.5 Å². The van der Waals surface area contributed by atoms with Gasteiger partial charge in [-0.05, 0) is 68.8 Å². The van der Waals surface area contributed by atoms with E-state index in [1.165, 1.54) is 38.3 Å². The number of fused-ring (bicyclic) bond motifs is 2. The van der Waals surface area contributed by atoms with Crippen LogP contribution in [0.1, 0.15) is 48.3 Å². The molecular formula is C30H28FN3O6. The van der Waals surface area contributed by atoms with E-state index in [9.17, 15) is 24.3 Å². The van der Waals surface area contributed by atoms with Crippen molar-refractivity contribution in [3.05, 3.63) is 83.4 Å². The summed E-state index contributed by atoms with van der Waals surface area (Å²) in [5.74, 6) is -0.572. The molecule has 0 aliphatic carbocycles. The smallest absolute Gasteiger partial charge is 0.257 e. The number of hydrogen-bond donors (Lipinski definition) is 3. The van der Waals surface area contributed by atoms with E-state index in [4.69, 9.17) is 9.47 Å². The fourth-order valence-electron chi connectivity index (χ4n) is 4.88. The molecule has 206 valence electrons. The number of Topliss-reactive ketones (excluding diaryl/α,β-unsaturated/α-hetero) is 1. The Morgan fingerprint density at radius 2 is 1.95 bits per heavy atom. The van der Waals surface area contributed by atoms with Crippen LogP contribution < -0.4 is 15.0 Å². The zero-order valence-electron chi connectivity index (χ0n) is 22.2. The minimum Gasteiger partial charge on any atom is -0.494 e. The van der Waals surface area contributed by atoms with E-state index in [1.807, 2.05) is 6.07 Å². The first-order chi connectivity index (χ1) is 19.1. The van der Waals surface area contributed by atoms with Crippen molar-refractivity contribution in [1.29, 1.82) is 0 Å². The standard InChI is InChI=1S/C30H28FN3O6/c1-29(28(36)34-38)16-40-27-21(29)15-24(33-26(27)17-6-8-20(31)9-7-17)30(2,37)11-10-22(35)19-13-18-5-4-12-32-25(18)23(14-19)39-3/h4-9,12-15,37-38H,10-11,16H2,1-3H3,(H,34,36)/t29-,30-/m0/s1. The van der Waals surface area contributed by atoms with Crippen LogP contribution in [0.25, 0.3) is 22.2 Å². The summed E-state index contributed by atoms with van der Waals surface area (Å²) in [6.45, 7) is 3.06. The molecule has 3 N–H and O–H groups in total. The summed E-state index contributed by atoms with van der Waals surface area (Å²) < 4.78 is 24.9. The highest BCUT2D eigenvalue weighted by molar-refractivity contribution is 6.01. The van der Waals surface area contributed by atoms with Crippen molar-refractivity contribution in [1.82, 2.24) is 15.4 Å². The SMILES string of the molecule is COc1cc(C(=O)CC[C@](C)(O)c2cc3c(c(-c4ccc(F)cc4)n2)OC[C@]3(C)C(=O)NO)cc2cccnc12. The largest absolute Gasteiger partial charge is 0.494 e. The quantitative estimate of drug-likeness (QED) is 0.168. The third-order valence-electron chi connectivity index (χ3n) is 7.40. The second kappa shape index (κ2) is 10.3. The second-order valence-electron chi connectivity index (χ2n) is 10.3. The minimum atomic E-state index is -1.60. The number of ketones is 1. The number of carbonyl (C=O) groups is 2. The zero-order chi connectivity index (χ0) is 28.7. The van der Waals surface area contributed by atoms with Crippen LogP contribution in [-0.2, 0) is 15.8 Å². The van der Waals surface area contributed by atoms with Gasteiger partial charge in [-0.2, -0.15) is 0 Å². The molecule has 1 aliphatic rings. The van der Waals surface area contributed by atoms with E-state index in [-0.39, 0.29) is 30.9 Å². The van der Waals surface area contributed by atoms with Crippen molar-refractivity contribution >= 4 is 22.6 Å². The minimum absolute atomic E-state index is 0.0115. The Labute approximate surface area is 229 Å². The van der Waals surface area contributed by atoms with E-state index in [2.05, 4.69) is 9.97 Å². The van der Waals surface area contributed by atoms with Gasteiger partial charge in [0.25, 0.3) is 5.91 Å². The number of benzene rings is 2. The third kappa shape index (κ3) is 4.76. The molecule has 0 radical (unpaired) electrons. The molecule has 3 heterocycles. The summed E-state index contributed by atoms with van der Waals surface area (Å²) in [5, 5.41) is 21.7. The lowest BCUT2D eigenvalue weighted by molar-refractivity contribution is -0.135. The van der Waals surface area contributed by atoms with Crippen molar-refractivity contribution in [2.75, 3.05) is 13.7 Å². The molecule has 1 aliphatic heterocycles. The van der Waals surface area contributed by atoms with Crippen molar-refractivity contribution in [2.24, 2.45) is 0 Å². The first-order valence-electron chi connectivity index (χ1n) is 12.6. The van der Waals surface area contributed by atoms with E-state index in [0.29, 0.717) is 39.4 Å². The summed E-state index contributed by atoms with van der Waals surface area (Å²) in [6, 6.07) is 14.1. The molecule has 0 saturated carbocycles. The van der Waals surface area contributed by atoms with E-state index in [1.54, 1.807) is 42.9 Å². The predicted molar refractivity (Wildman–Crippen MR) is 144 cm³/mol. The lowest BCUT2D eigenvalue weighted by Crippen LogP contribution is -2.42. The van der Waals surface area contributed by atoms with Crippen LogP contribution in [0.4, 0.5) is 4.39 Å². The third-order valence-corrected chi connectivity index (χ3v) is 7.40. The summed E-state index contributed by atoms with van der Waals surface area (Å²) >= 11 is 0. The number of nitrogens with zero attached hydrogens (tertiary/aromatic N) is 2. The summed E-state index contributed by atoms with van der Waals surface area (Å²) in [4.78, 5) is 34.8. The molecule has 0 saturated heterocycles. The highest BCUT2D eigenvalue weighted by Crippen LogP contribution is 2.46. The maximum atomic E-state index is 13.7. The van der Waals surface area contributed by atoms with E-state index >= 15 is 0 Å². The van der Waals surface area contributed by atoms with Crippen LogP contribution in [0, 0.1) is 5.82 Å². The number of ether oxygens (including phenoxy) is 2. The van der Waals surface area contributed by atoms with Gasteiger partial charge in [0, 0.05) is 34.7 Å². The Morgan fingerprint density at radius 1 is 1.20 bits per heavy atom. The number of carbonyl (C=O) groups excluding carboxylic acids is 2. The summed E-state index contributed by atoms with van der Waals surface area (Å²) in [5.41, 5.74) is 1.28. The van der Waals surface area contributed by atoms with Crippen LogP contribution in [0.15, 0.2) is 60.8 Å². The van der Waals surface area contributed by atoms with Crippen molar-refractivity contribution in [2.45, 2.75) is 37.7 Å². The highest BCUT2D eigenvalue weighted by atomic mass is 19.1. The number of hydrogen-bond acceptors (Lipinski definition) is 8. The Bertz CT molecular complexity index is 1620. The average molecular weight is 546 g/mol. The monoisotopic (exact) mass is 545 g/mol. The number of amides is 1. The molecule has 5 rings (SSSR count). The van der Waals surface area contributed by atoms with Crippen molar-refractivity contribution in [3.8, 4) is 22.8 Å². The maximum absolute atomic E-state index is 13.7. The molecule has 2 aromatic heterocycles. The number of aliphatic hydroxyl groups is 1. The molecule has 4 aromatic rings. The van der Waals surface area contributed by atoms with Crippen molar-refractivity contribution in [3.63, 3.8) is 0 Å². The zero-order valence-corrected chi connectivity index (χ0v) is 22.2. The first kappa shape index (κ1) is 27.2. The predicted octanol–water partition coefficient (Wildman–Crippen LogP) is 4.47. The van der Waals surface area contributed by atoms with Crippen LogP contribution in [-0.4, -0.2) is 45.7 Å². The lowest BCUT2D eigenvalue weighted by Gasteiger charge is -2.26. The van der Waals surface area contributed by atoms with Gasteiger partial charge in [0.15, 0.2) is 5.78 Å². The second-order valence-corrected chi connectivity index (χ2v) is 10.3. The van der Waals surface area contributed by atoms with Crippen LogP contribution in [0.2, 0.25) is 0 Å². The van der Waals surface area contributed by atoms with Crippen molar-refractivity contribution < 1.29 is 33.8 Å². The highest BCUT2D eigenvalue weighted by Gasteiger charge is 2.46. The van der Waals surface area contributed by atoms with Crippen LogP contribution >= 0.6 is 0 Å². The molecule has 0 bridgehead atoms. The van der Waals surface area contributed by atoms with Gasteiger partial charge in [0.1, 0.15) is 46.1 Å². The molecule has 10 heteroatoms. The van der Waals surface area contributed by atoms with Gasteiger partial charge in [-0.25, -0.2) is 14.9 Å². The van der Waals surface area contributed by atoms with Gasteiger partial charge in [-0.1, -0.05) is 6.07 Å². The molecule has 40 heavy (non-hydrogen) atoms. The Kier molecular flexibility index (Phi) is 6.99. The van der Waals surface area contributed by atoms with E-state index < -0.39 is 22.7 Å². The van der Waals surface area contributed by atoms with Gasteiger partial charge < -0.3 is 14.6 Å². The maximum Gasteiger partial charge on any atom is 0.257 e. The number of rotatable bonds is 8. The Balaban J connectivity index is 1.50. The number of methoxy groups -OCH3 is 1. The topological polar surface area (TPSA) is 131 Å². The lowest BCUT2D eigenvalue weighted by atomic mass is 9.81. The van der Waals surface area contributed by atoms with Crippen LogP contribution in [0.3, 0.4) is 0 Å². The number of nitrogens with one attached hydrogen (secondary N) is 1. The molecule has 0 spiro atoms. The number of pyridine rings is 2. The number of aromatic nitrogens is 2. The van der Waals surface area contributed by atoms with Gasteiger partial charge in [0.05, 0.1) is 12.8 Å². The molecule has 0 fully saturated rings. The van der Waals surface area contributed by atoms with Gasteiger partial charge in [0.2, 0.25) is 0 Å². The molecule has 2 aromatic carbocycles. The first-order valence-corrected chi connectivity index (χ1v) is 12.6. The Morgan fingerprint density at radius 3 is 2.65 bits per heavy atom. The fraction of sp³-hybridized carbons (Fsp3) is 0.267. The summed E-state index contributed by atoms with van der Waals surface area (Å²) in [6.07, 6.45) is 1.64. The number of hydroxylamine groups is 1. The average Bonchev–Trinajstić information content (AvgIpc) is 3.32. The Hall–Kier alpha value is -4.41. The molecule has 9 nitrogen and oxygen atoms in total. The van der Waals surface area contributed by atoms with E-state index in [0.717, 1.165) is 5.39 Å². The molecule has 0 unspecified atom stereocenters. The molecule has 2 atom stereocenters. The molecule has 1 amide bonds. The summed E-state index contributed by atoms with van der Waals surface area (Å²) in [7, 11) is 1.51. The number of halogens is 1.